The second-order valence-corrected chi connectivity index (χ2v) is 8.53. The second kappa shape index (κ2) is 6.12. The molecule has 0 bridgehead atoms. The number of piperidine rings is 1. The van der Waals surface area contributed by atoms with Gasteiger partial charge in [-0.2, -0.15) is 0 Å². The zero-order valence-corrected chi connectivity index (χ0v) is 16.3. The third-order valence-electron chi connectivity index (χ3n) is 6.19. The number of carboxylic acid groups (broad SMARTS) is 1. The van der Waals surface area contributed by atoms with Crippen LogP contribution < -0.4 is 10.2 Å². The van der Waals surface area contributed by atoms with E-state index in [0.29, 0.717) is 32.5 Å². The molecule has 0 saturated carbocycles. The van der Waals surface area contributed by atoms with Crippen molar-refractivity contribution in [2.24, 2.45) is 0 Å². The van der Waals surface area contributed by atoms with Crippen LogP contribution in [-0.4, -0.2) is 53.3 Å². The highest BCUT2D eigenvalue weighted by molar-refractivity contribution is 6.62. The van der Waals surface area contributed by atoms with E-state index >= 15 is 0 Å². The predicted molar refractivity (Wildman–Crippen MR) is 99.1 cm³/mol. The molecular weight excluding hydrogens is 349 g/mol. The second-order valence-electron chi connectivity index (χ2n) is 8.53. The van der Waals surface area contributed by atoms with E-state index in [1.165, 1.54) is 4.90 Å². The minimum atomic E-state index is -0.895. The highest BCUT2D eigenvalue weighted by atomic mass is 16.7. The maximum Gasteiger partial charge on any atom is 0.494 e. The van der Waals surface area contributed by atoms with E-state index in [9.17, 15) is 4.79 Å². The number of rotatable bonds is 1. The summed E-state index contributed by atoms with van der Waals surface area (Å²) < 4.78 is 24.4. The SMILES string of the molecule is CC1(C)OB(c2ccc3c(c2)COC2(CCN(C(=O)O)CC2)O3)OC1(C)C. The lowest BCUT2D eigenvalue weighted by atomic mass is 9.78. The van der Waals surface area contributed by atoms with Gasteiger partial charge in [0, 0.05) is 31.5 Å². The third kappa shape index (κ3) is 3.20. The average Bonchev–Trinajstić information content (AvgIpc) is 2.82. The fourth-order valence-corrected chi connectivity index (χ4v) is 3.66. The summed E-state index contributed by atoms with van der Waals surface area (Å²) in [4.78, 5) is 12.5. The van der Waals surface area contributed by atoms with Gasteiger partial charge in [-0.25, -0.2) is 4.79 Å². The smallest absolute Gasteiger partial charge is 0.465 e. The largest absolute Gasteiger partial charge is 0.494 e. The van der Waals surface area contributed by atoms with Crippen molar-refractivity contribution in [2.75, 3.05) is 13.1 Å². The molecule has 1 amide bonds. The van der Waals surface area contributed by atoms with Crippen molar-refractivity contribution in [3.05, 3.63) is 23.8 Å². The van der Waals surface area contributed by atoms with Gasteiger partial charge in [0.15, 0.2) is 0 Å². The molecule has 8 heteroatoms. The lowest BCUT2D eigenvalue weighted by Crippen LogP contribution is -2.52. The standard InChI is InChI=1S/C19H26BNO6/c1-17(2)18(3,4)27-20(26-17)14-5-6-15-13(11-14)12-24-19(25-15)7-9-21(10-8-19)16(22)23/h5-6,11H,7-10,12H2,1-4H3,(H,22,23). The van der Waals surface area contributed by atoms with Crippen LogP contribution in [0.5, 0.6) is 5.75 Å². The van der Waals surface area contributed by atoms with Crippen LogP contribution in [0.2, 0.25) is 0 Å². The fourth-order valence-electron chi connectivity index (χ4n) is 3.66. The van der Waals surface area contributed by atoms with Crippen molar-refractivity contribution in [3.8, 4) is 5.75 Å². The maximum atomic E-state index is 11.1. The van der Waals surface area contributed by atoms with Gasteiger partial charge in [-0.3, -0.25) is 0 Å². The molecule has 0 atom stereocenters. The van der Waals surface area contributed by atoms with Gasteiger partial charge in [0.1, 0.15) is 5.75 Å². The summed E-state index contributed by atoms with van der Waals surface area (Å²) in [7, 11) is -0.421. The third-order valence-corrected chi connectivity index (χ3v) is 6.19. The number of ether oxygens (including phenoxy) is 2. The Morgan fingerprint density at radius 3 is 2.33 bits per heavy atom. The van der Waals surface area contributed by atoms with Crippen molar-refractivity contribution < 1.29 is 28.7 Å². The molecule has 3 aliphatic rings. The molecule has 1 aromatic rings. The number of fused-ring (bicyclic) bond motifs is 1. The first-order valence-electron chi connectivity index (χ1n) is 9.40. The van der Waals surface area contributed by atoms with E-state index in [-0.39, 0.29) is 11.2 Å². The summed E-state index contributed by atoms with van der Waals surface area (Å²) >= 11 is 0. The molecule has 4 rings (SSSR count). The van der Waals surface area contributed by atoms with Gasteiger partial charge in [-0.05, 0) is 39.2 Å². The van der Waals surface area contributed by atoms with Gasteiger partial charge in [0.05, 0.1) is 17.8 Å². The van der Waals surface area contributed by atoms with Crippen molar-refractivity contribution in [1.82, 2.24) is 4.90 Å². The molecule has 7 nitrogen and oxygen atoms in total. The van der Waals surface area contributed by atoms with E-state index in [2.05, 4.69) is 0 Å². The zero-order chi connectivity index (χ0) is 19.4. The van der Waals surface area contributed by atoms with E-state index in [4.69, 9.17) is 23.9 Å². The van der Waals surface area contributed by atoms with Crippen LogP contribution in [0, 0.1) is 0 Å². The lowest BCUT2D eigenvalue weighted by molar-refractivity contribution is -0.225. The molecule has 3 heterocycles. The Bertz CT molecular complexity index is 741. The fraction of sp³-hybridized carbons (Fsp3) is 0.632. The maximum absolute atomic E-state index is 11.1. The predicted octanol–water partition coefficient (Wildman–Crippen LogP) is 2.36. The molecule has 2 saturated heterocycles. The van der Waals surface area contributed by atoms with Gasteiger partial charge >= 0.3 is 13.2 Å². The summed E-state index contributed by atoms with van der Waals surface area (Å²) in [5.74, 6) is 0.0513. The van der Waals surface area contributed by atoms with E-state index < -0.39 is 19.0 Å². The normalized spacial score (nSPS) is 25.2. The molecule has 1 N–H and O–H groups in total. The Kier molecular flexibility index (Phi) is 4.21. The average molecular weight is 375 g/mol. The molecule has 2 fully saturated rings. The molecule has 1 spiro atoms. The van der Waals surface area contributed by atoms with Crippen molar-refractivity contribution in [1.29, 1.82) is 0 Å². The molecule has 0 aliphatic carbocycles. The van der Waals surface area contributed by atoms with Gasteiger partial charge in [0.2, 0.25) is 5.79 Å². The number of carbonyl (C=O) groups is 1. The number of hydrogen-bond donors (Lipinski definition) is 1. The van der Waals surface area contributed by atoms with Crippen LogP contribution in [0.4, 0.5) is 4.79 Å². The Balaban J connectivity index is 1.49. The van der Waals surface area contributed by atoms with Gasteiger partial charge in [-0.1, -0.05) is 12.1 Å². The minimum absolute atomic E-state index is 0.386. The highest BCUT2D eigenvalue weighted by Gasteiger charge is 2.52. The molecule has 1 aromatic carbocycles. The summed E-state index contributed by atoms with van der Waals surface area (Å²) in [6.45, 7) is 9.38. The number of amides is 1. The zero-order valence-electron chi connectivity index (χ0n) is 16.3. The Morgan fingerprint density at radius 2 is 1.74 bits per heavy atom. The van der Waals surface area contributed by atoms with Crippen molar-refractivity contribution in [3.63, 3.8) is 0 Å². The van der Waals surface area contributed by atoms with Crippen LogP contribution in [0.3, 0.4) is 0 Å². The number of likely N-dealkylation sites (tertiary alicyclic amines) is 1. The summed E-state index contributed by atoms with van der Waals surface area (Å²) in [6.07, 6.45) is 0.156. The highest BCUT2D eigenvalue weighted by Crippen LogP contribution is 2.39. The van der Waals surface area contributed by atoms with Gasteiger partial charge in [0.25, 0.3) is 0 Å². The Morgan fingerprint density at radius 1 is 1.11 bits per heavy atom. The molecular formula is C19H26BNO6. The molecule has 146 valence electrons. The Hall–Kier alpha value is -1.77. The monoisotopic (exact) mass is 375 g/mol. The van der Waals surface area contributed by atoms with Crippen molar-refractivity contribution in [2.45, 2.75) is 64.1 Å². The molecule has 27 heavy (non-hydrogen) atoms. The molecule has 0 aromatic heterocycles. The minimum Gasteiger partial charge on any atom is -0.465 e. The Labute approximate surface area is 159 Å². The van der Waals surface area contributed by atoms with Crippen molar-refractivity contribution >= 4 is 18.7 Å². The summed E-state index contributed by atoms with van der Waals surface area (Å²) in [5.41, 5.74) is 1.12. The van der Waals surface area contributed by atoms with E-state index in [0.717, 1.165) is 16.8 Å². The van der Waals surface area contributed by atoms with Gasteiger partial charge in [-0.15, -0.1) is 0 Å². The number of benzene rings is 1. The first kappa shape index (κ1) is 18.6. The van der Waals surface area contributed by atoms with Crippen LogP contribution >= 0.6 is 0 Å². The molecule has 0 unspecified atom stereocenters. The summed E-state index contributed by atoms with van der Waals surface area (Å²) in [6, 6.07) is 5.91. The quantitative estimate of drug-likeness (QED) is 0.760. The summed E-state index contributed by atoms with van der Waals surface area (Å²) in [5, 5.41) is 9.11. The lowest BCUT2D eigenvalue weighted by Gasteiger charge is -2.43. The van der Waals surface area contributed by atoms with Crippen LogP contribution in [0.25, 0.3) is 0 Å². The topological polar surface area (TPSA) is 77.5 Å². The number of hydrogen-bond acceptors (Lipinski definition) is 5. The first-order chi connectivity index (χ1) is 12.6. The van der Waals surface area contributed by atoms with Crippen LogP contribution in [0.15, 0.2) is 18.2 Å². The van der Waals surface area contributed by atoms with Gasteiger partial charge < -0.3 is 28.8 Å². The number of nitrogens with zero attached hydrogens (tertiary/aromatic N) is 1. The van der Waals surface area contributed by atoms with E-state index in [1.807, 2.05) is 45.9 Å². The van der Waals surface area contributed by atoms with E-state index in [1.54, 1.807) is 0 Å². The molecule has 0 radical (unpaired) electrons. The molecule has 3 aliphatic heterocycles. The first-order valence-corrected chi connectivity index (χ1v) is 9.40. The van der Waals surface area contributed by atoms with Crippen LogP contribution in [0.1, 0.15) is 46.1 Å². The van der Waals surface area contributed by atoms with Crippen LogP contribution in [-0.2, 0) is 20.7 Å².